The number of ether oxygens (including phenoxy) is 2. The van der Waals surface area contributed by atoms with E-state index in [4.69, 9.17) is 9.47 Å². The third-order valence-corrected chi connectivity index (χ3v) is 3.80. The smallest absolute Gasteiger partial charge is 0.231 e. The van der Waals surface area contributed by atoms with E-state index in [1.807, 2.05) is 12.1 Å². The molecule has 0 radical (unpaired) electrons. The lowest BCUT2D eigenvalue weighted by atomic mass is 10.1. The van der Waals surface area contributed by atoms with Gasteiger partial charge in [-0.1, -0.05) is 15.9 Å². The van der Waals surface area contributed by atoms with Gasteiger partial charge in [-0.3, -0.25) is 4.98 Å². The number of hydrogen-bond acceptors (Lipinski definition) is 3. The minimum Gasteiger partial charge on any atom is -0.454 e. The maximum Gasteiger partial charge on any atom is 0.231 e. The van der Waals surface area contributed by atoms with Crippen molar-refractivity contribution in [1.29, 1.82) is 0 Å². The third-order valence-electron chi connectivity index (χ3n) is 2.55. The SMILES string of the molecule is BrCc1c(Br)cnc2cc3c(cc12)OCO3. The van der Waals surface area contributed by atoms with Crippen molar-refractivity contribution in [3.63, 3.8) is 0 Å². The first-order valence-electron chi connectivity index (χ1n) is 4.72. The Morgan fingerprint density at radius 2 is 2.00 bits per heavy atom. The van der Waals surface area contributed by atoms with E-state index in [9.17, 15) is 0 Å². The average molecular weight is 345 g/mol. The molecule has 0 atom stereocenters. The first-order chi connectivity index (χ1) is 7.79. The van der Waals surface area contributed by atoms with Crippen LogP contribution in [-0.2, 0) is 5.33 Å². The van der Waals surface area contributed by atoms with E-state index in [-0.39, 0.29) is 6.79 Å². The number of nitrogens with zero attached hydrogens (tertiary/aromatic N) is 1. The van der Waals surface area contributed by atoms with E-state index in [1.165, 1.54) is 5.56 Å². The Labute approximate surface area is 109 Å². The Morgan fingerprint density at radius 1 is 1.25 bits per heavy atom. The summed E-state index contributed by atoms with van der Waals surface area (Å²) in [5.41, 5.74) is 2.09. The lowest BCUT2D eigenvalue weighted by molar-refractivity contribution is 0.174. The molecule has 0 amide bonds. The van der Waals surface area contributed by atoms with E-state index < -0.39 is 0 Å². The first kappa shape index (κ1) is 10.4. The van der Waals surface area contributed by atoms with Crippen molar-refractivity contribution < 1.29 is 9.47 Å². The van der Waals surface area contributed by atoms with Gasteiger partial charge in [0.2, 0.25) is 6.79 Å². The maximum atomic E-state index is 5.37. The highest BCUT2D eigenvalue weighted by molar-refractivity contribution is 9.10. The number of alkyl halides is 1. The van der Waals surface area contributed by atoms with E-state index in [0.29, 0.717) is 0 Å². The van der Waals surface area contributed by atoms with Crippen molar-refractivity contribution in [2.24, 2.45) is 0 Å². The molecule has 1 aromatic heterocycles. The van der Waals surface area contributed by atoms with Gasteiger partial charge < -0.3 is 9.47 Å². The predicted octanol–water partition coefficient (Wildman–Crippen LogP) is 3.62. The van der Waals surface area contributed by atoms with Gasteiger partial charge in [-0.2, -0.15) is 0 Å². The van der Waals surface area contributed by atoms with Crippen LogP contribution in [0.3, 0.4) is 0 Å². The minimum absolute atomic E-state index is 0.288. The molecule has 3 nitrogen and oxygen atoms in total. The van der Waals surface area contributed by atoms with Gasteiger partial charge in [0, 0.05) is 27.5 Å². The zero-order valence-corrected chi connectivity index (χ0v) is 11.3. The first-order valence-corrected chi connectivity index (χ1v) is 6.64. The number of hydrogen-bond donors (Lipinski definition) is 0. The van der Waals surface area contributed by atoms with Gasteiger partial charge >= 0.3 is 0 Å². The van der Waals surface area contributed by atoms with Crippen LogP contribution in [0, 0.1) is 0 Å². The number of benzene rings is 1. The van der Waals surface area contributed by atoms with Crippen LogP contribution in [0.2, 0.25) is 0 Å². The number of fused-ring (bicyclic) bond motifs is 2. The second kappa shape index (κ2) is 3.89. The Morgan fingerprint density at radius 3 is 2.75 bits per heavy atom. The fourth-order valence-corrected chi connectivity index (χ4v) is 3.18. The molecule has 0 fully saturated rings. The highest BCUT2D eigenvalue weighted by Crippen LogP contribution is 2.38. The fourth-order valence-electron chi connectivity index (χ4n) is 1.75. The Balaban J connectivity index is 2.35. The average Bonchev–Trinajstić information content (AvgIpc) is 2.73. The molecule has 1 aromatic carbocycles. The molecule has 0 N–H and O–H groups in total. The molecular weight excluding hydrogens is 338 g/mol. The zero-order valence-electron chi connectivity index (χ0n) is 8.17. The van der Waals surface area contributed by atoms with Crippen molar-refractivity contribution in [3.05, 3.63) is 28.4 Å². The van der Waals surface area contributed by atoms with Crippen LogP contribution in [0.5, 0.6) is 11.5 Å². The number of pyridine rings is 1. The van der Waals surface area contributed by atoms with Crippen LogP contribution in [0.15, 0.2) is 22.8 Å². The van der Waals surface area contributed by atoms with Gasteiger partial charge in [-0.05, 0) is 27.6 Å². The molecule has 82 valence electrons. The maximum absolute atomic E-state index is 5.37. The topological polar surface area (TPSA) is 31.4 Å². The molecule has 0 bridgehead atoms. The molecule has 1 aliphatic rings. The molecule has 3 rings (SSSR count). The van der Waals surface area contributed by atoms with Crippen LogP contribution in [0.4, 0.5) is 0 Å². The van der Waals surface area contributed by atoms with Crippen LogP contribution in [0.25, 0.3) is 10.9 Å². The molecule has 1 aliphatic heterocycles. The van der Waals surface area contributed by atoms with E-state index >= 15 is 0 Å². The molecule has 0 aliphatic carbocycles. The van der Waals surface area contributed by atoms with Crippen LogP contribution < -0.4 is 9.47 Å². The summed E-state index contributed by atoms with van der Waals surface area (Å²) in [6.45, 7) is 0.288. The highest BCUT2D eigenvalue weighted by Gasteiger charge is 2.16. The van der Waals surface area contributed by atoms with Gasteiger partial charge in [-0.15, -0.1) is 0 Å². The Hall–Kier alpha value is -0.810. The van der Waals surface area contributed by atoms with Crippen molar-refractivity contribution in [2.45, 2.75) is 5.33 Å². The van der Waals surface area contributed by atoms with Crippen molar-refractivity contribution in [1.82, 2.24) is 4.98 Å². The molecule has 0 saturated carbocycles. The van der Waals surface area contributed by atoms with Gasteiger partial charge in [0.1, 0.15) is 0 Å². The lowest BCUT2D eigenvalue weighted by Crippen LogP contribution is -1.92. The molecule has 2 heterocycles. The van der Waals surface area contributed by atoms with E-state index in [0.717, 1.165) is 32.2 Å². The number of rotatable bonds is 1. The quantitative estimate of drug-likeness (QED) is 0.740. The molecule has 0 saturated heterocycles. The molecular formula is C11H7Br2NO2. The summed E-state index contributed by atoms with van der Waals surface area (Å²) in [5.74, 6) is 1.55. The Bertz CT molecular complexity index is 571. The third kappa shape index (κ3) is 1.50. The van der Waals surface area contributed by atoms with Crippen molar-refractivity contribution in [3.8, 4) is 11.5 Å². The van der Waals surface area contributed by atoms with Gasteiger partial charge in [0.15, 0.2) is 11.5 Å². The second-order valence-electron chi connectivity index (χ2n) is 3.44. The molecule has 16 heavy (non-hydrogen) atoms. The summed E-state index contributed by atoms with van der Waals surface area (Å²) < 4.78 is 11.7. The number of aromatic nitrogens is 1. The van der Waals surface area contributed by atoms with Gasteiger partial charge in [-0.25, -0.2) is 0 Å². The summed E-state index contributed by atoms with van der Waals surface area (Å²) in [7, 11) is 0. The number of halogens is 2. The minimum atomic E-state index is 0.288. The van der Waals surface area contributed by atoms with Crippen molar-refractivity contribution >= 4 is 42.8 Å². The molecule has 0 unspecified atom stereocenters. The summed E-state index contributed by atoms with van der Waals surface area (Å²) >= 11 is 6.97. The molecule has 2 aromatic rings. The normalized spacial score (nSPS) is 13.4. The standard InChI is InChI=1S/C11H7Br2NO2/c12-3-7-6-1-10-11(16-5-15-10)2-9(6)14-4-8(7)13/h1-2,4H,3,5H2. The van der Waals surface area contributed by atoms with E-state index in [1.54, 1.807) is 6.20 Å². The second-order valence-corrected chi connectivity index (χ2v) is 4.86. The molecule has 0 spiro atoms. The summed E-state index contributed by atoms with van der Waals surface area (Å²) in [5, 5.41) is 1.85. The summed E-state index contributed by atoms with van der Waals surface area (Å²) in [6.07, 6.45) is 1.81. The molecule has 5 heteroatoms. The van der Waals surface area contributed by atoms with Crippen molar-refractivity contribution in [2.75, 3.05) is 6.79 Å². The predicted molar refractivity (Wildman–Crippen MR) is 68.2 cm³/mol. The van der Waals surface area contributed by atoms with Gasteiger partial charge in [0.25, 0.3) is 0 Å². The summed E-state index contributed by atoms with van der Waals surface area (Å²) in [6, 6.07) is 3.89. The highest BCUT2D eigenvalue weighted by atomic mass is 79.9. The lowest BCUT2D eigenvalue weighted by Gasteiger charge is -2.06. The largest absolute Gasteiger partial charge is 0.454 e. The van der Waals surface area contributed by atoms with Crippen LogP contribution in [0.1, 0.15) is 5.56 Å². The van der Waals surface area contributed by atoms with Gasteiger partial charge in [0.05, 0.1) is 5.52 Å². The fraction of sp³-hybridized carbons (Fsp3) is 0.182. The summed E-state index contributed by atoms with van der Waals surface area (Å²) in [4.78, 5) is 4.36. The van der Waals surface area contributed by atoms with E-state index in [2.05, 4.69) is 36.8 Å². The monoisotopic (exact) mass is 343 g/mol. The van der Waals surface area contributed by atoms with Crippen LogP contribution >= 0.6 is 31.9 Å². The zero-order chi connectivity index (χ0) is 11.1. The Kier molecular flexibility index (Phi) is 2.52. The van der Waals surface area contributed by atoms with Crippen LogP contribution in [-0.4, -0.2) is 11.8 Å².